The number of thioether (sulfide) groups is 1. The SMILES string of the molecule is [C-]#[N+]c1c(N2CCCN(C)CC2)nc(SCc2ccc(OCCO[Si](C)(C)C(C)(C)C)cc2)c(C#N)c1CC. The van der Waals surface area contributed by atoms with Crippen LogP contribution in [0.15, 0.2) is 29.3 Å². The molecule has 0 bridgehead atoms. The van der Waals surface area contributed by atoms with Crippen LogP contribution in [0.1, 0.15) is 50.8 Å². The van der Waals surface area contributed by atoms with Crippen LogP contribution in [-0.4, -0.2) is 64.6 Å². The molecule has 0 radical (unpaired) electrons. The largest absolute Gasteiger partial charge is 0.491 e. The Labute approximate surface area is 240 Å². The van der Waals surface area contributed by atoms with Crippen LogP contribution in [0.3, 0.4) is 0 Å². The molecular formula is C30H43N5O2SSi. The summed E-state index contributed by atoms with van der Waals surface area (Å²) >= 11 is 1.56. The molecule has 39 heavy (non-hydrogen) atoms. The van der Waals surface area contributed by atoms with Crippen molar-refractivity contribution in [3.05, 3.63) is 52.4 Å². The second-order valence-electron chi connectivity index (χ2n) is 11.6. The first-order chi connectivity index (χ1) is 18.5. The molecule has 1 fully saturated rings. The smallest absolute Gasteiger partial charge is 0.232 e. The van der Waals surface area contributed by atoms with E-state index < -0.39 is 8.32 Å². The van der Waals surface area contributed by atoms with E-state index >= 15 is 0 Å². The van der Waals surface area contributed by atoms with E-state index in [1.807, 2.05) is 19.1 Å². The summed E-state index contributed by atoms with van der Waals surface area (Å²) in [5.74, 6) is 2.22. The Kier molecular flexibility index (Phi) is 10.9. The van der Waals surface area contributed by atoms with Crippen molar-refractivity contribution < 1.29 is 9.16 Å². The van der Waals surface area contributed by atoms with Crippen molar-refractivity contribution >= 4 is 31.6 Å². The van der Waals surface area contributed by atoms with Gasteiger partial charge < -0.3 is 19.0 Å². The van der Waals surface area contributed by atoms with Crippen molar-refractivity contribution in [1.29, 1.82) is 5.26 Å². The fourth-order valence-corrected chi connectivity index (χ4v) is 6.24. The maximum atomic E-state index is 10.0. The van der Waals surface area contributed by atoms with Gasteiger partial charge in [0.25, 0.3) is 0 Å². The third-order valence-corrected chi connectivity index (χ3v) is 13.3. The minimum absolute atomic E-state index is 0.186. The molecule has 0 saturated carbocycles. The van der Waals surface area contributed by atoms with Crippen molar-refractivity contribution in [1.82, 2.24) is 9.88 Å². The van der Waals surface area contributed by atoms with E-state index in [9.17, 15) is 5.26 Å². The summed E-state index contributed by atoms with van der Waals surface area (Å²) in [5.41, 5.74) is 3.00. The Morgan fingerprint density at radius 1 is 1.13 bits per heavy atom. The standard InChI is InChI=1S/C30H43N5O2SSi/c1-9-25-26(21-31)29(33-28(27(25)32-5)35-16-10-15-34(6)17-18-35)38-22-23-11-13-24(14-12-23)36-19-20-37-39(7,8)30(2,3)4/h11-14H,9-10,15-20,22H2,1-4,6-8H3. The molecule has 1 saturated heterocycles. The molecule has 1 aliphatic heterocycles. The molecule has 0 atom stereocenters. The zero-order valence-electron chi connectivity index (χ0n) is 24.6. The predicted molar refractivity (Wildman–Crippen MR) is 164 cm³/mol. The quantitative estimate of drug-likeness (QED) is 0.134. The molecule has 0 unspecified atom stereocenters. The van der Waals surface area contributed by atoms with E-state index in [1.54, 1.807) is 11.8 Å². The normalized spacial score (nSPS) is 14.9. The lowest BCUT2D eigenvalue weighted by Crippen LogP contribution is -2.41. The Morgan fingerprint density at radius 2 is 1.85 bits per heavy atom. The van der Waals surface area contributed by atoms with Gasteiger partial charge in [-0.3, -0.25) is 0 Å². The number of ether oxygens (including phenoxy) is 1. The van der Waals surface area contributed by atoms with E-state index in [4.69, 9.17) is 20.7 Å². The number of nitrogens with zero attached hydrogens (tertiary/aromatic N) is 5. The summed E-state index contributed by atoms with van der Waals surface area (Å²) < 4.78 is 12.1. The molecule has 1 aromatic heterocycles. The molecule has 1 aromatic carbocycles. The monoisotopic (exact) mass is 565 g/mol. The molecule has 1 aliphatic rings. The molecule has 9 heteroatoms. The number of likely N-dealkylation sites (N-methyl/N-ethyl adjacent to an activating group) is 1. The molecular weight excluding hydrogens is 523 g/mol. The summed E-state index contributed by atoms with van der Waals surface area (Å²) in [6, 6.07) is 10.4. The summed E-state index contributed by atoms with van der Waals surface area (Å²) in [7, 11) is 0.359. The first kappa shape index (κ1) is 31.0. The van der Waals surface area contributed by atoms with Crippen LogP contribution >= 0.6 is 11.8 Å². The first-order valence-electron chi connectivity index (χ1n) is 13.8. The Balaban J connectivity index is 1.69. The maximum Gasteiger partial charge on any atom is 0.232 e. The lowest BCUT2D eigenvalue weighted by Gasteiger charge is -2.36. The van der Waals surface area contributed by atoms with Crippen molar-refractivity contribution in [2.45, 2.75) is 69.4 Å². The Bertz CT molecular complexity index is 1200. The highest BCUT2D eigenvalue weighted by molar-refractivity contribution is 7.98. The molecule has 0 amide bonds. The van der Waals surface area contributed by atoms with Gasteiger partial charge in [0.05, 0.1) is 18.7 Å². The topological polar surface area (TPSA) is 66.0 Å². The first-order valence-corrected chi connectivity index (χ1v) is 17.7. The van der Waals surface area contributed by atoms with Crippen LogP contribution in [-0.2, 0) is 16.6 Å². The van der Waals surface area contributed by atoms with Gasteiger partial charge >= 0.3 is 0 Å². The number of anilines is 1. The maximum absolute atomic E-state index is 10.0. The molecule has 2 aromatic rings. The number of hydrogen-bond donors (Lipinski definition) is 0. The molecule has 7 nitrogen and oxygen atoms in total. The fraction of sp³-hybridized carbons (Fsp3) is 0.567. The van der Waals surface area contributed by atoms with Crippen LogP contribution in [0.2, 0.25) is 18.1 Å². The van der Waals surface area contributed by atoms with E-state index in [1.165, 1.54) is 0 Å². The highest BCUT2D eigenvalue weighted by Gasteiger charge is 2.36. The third kappa shape index (κ3) is 7.99. The Hall–Kier alpha value is -2.56. The third-order valence-electron chi connectivity index (χ3n) is 7.74. The highest BCUT2D eigenvalue weighted by atomic mass is 32.2. The highest BCUT2D eigenvalue weighted by Crippen LogP contribution is 2.39. The van der Waals surface area contributed by atoms with Gasteiger partial charge in [-0.05, 0) is 67.8 Å². The fourth-order valence-electron chi connectivity index (χ4n) is 4.25. The number of nitriles is 1. The molecule has 0 spiro atoms. The van der Waals surface area contributed by atoms with Gasteiger partial charge in [-0.25, -0.2) is 9.83 Å². The zero-order chi connectivity index (χ0) is 28.6. The second kappa shape index (κ2) is 13.7. The summed E-state index contributed by atoms with van der Waals surface area (Å²) in [6.07, 6.45) is 1.65. The average Bonchev–Trinajstić information content (AvgIpc) is 3.13. The molecule has 3 rings (SSSR count). The van der Waals surface area contributed by atoms with E-state index in [-0.39, 0.29) is 5.04 Å². The van der Waals surface area contributed by atoms with E-state index in [2.05, 4.69) is 73.8 Å². The van der Waals surface area contributed by atoms with Crippen LogP contribution in [0.5, 0.6) is 5.75 Å². The van der Waals surface area contributed by atoms with Gasteiger partial charge in [-0.2, -0.15) is 5.26 Å². The number of rotatable bonds is 10. The predicted octanol–water partition coefficient (Wildman–Crippen LogP) is 6.90. The van der Waals surface area contributed by atoms with Crippen LogP contribution in [0, 0.1) is 17.9 Å². The lowest BCUT2D eigenvalue weighted by atomic mass is 10.1. The summed E-state index contributed by atoms with van der Waals surface area (Å²) in [5, 5.41) is 10.9. The van der Waals surface area contributed by atoms with Gasteiger partial charge in [0, 0.05) is 25.4 Å². The van der Waals surface area contributed by atoms with Crippen molar-refractivity contribution in [3.8, 4) is 11.8 Å². The van der Waals surface area contributed by atoms with Gasteiger partial charge in [0.15, 0.2) is 8.32 Å². The number of benzene rings is 1. The van der Waals surface area contributed by atoms with Crippen molar-refractivity contribution in [2.75, 3.05) is 51.3 Å². The zero-order valence-corrected chi connectivity index (χ0v) is 26.5. The minimum atomic E-state index is -1.77. The average molecular weight is 566 g/mol. The lowest BCUT2D eigenvalue weighted by molar-refractivity contribution is 0.203. The minimum Gasteiger partial charge on any atom is -0.491 e. The van der Waals surface area contributed by atoms with Gasteiger partial charge in [-0.1, -0.05) is 39.8 Å². The van der Waals surface area contributed by atoms with Gasteiger partial charge in [0.1, 0.15) is 29.3 Å². The molecule has 0 N–H and O–H groups in total. The van der Waals surface area contributed by atoms with Crippen LogP contribution in [0.25, 0.3) is 4.85 Å². The summed E-state index contributed by atoms with van der Waals surface area (Å²) in [6.45, 7) is 25.9. The molecule has 210 valence electrons. The summed E-state index contributed by atoms with van der Waals surface area (Å²) in [4.78, 5) is 13.3. The second-order valence-corrected chi connectivity index (χ2v) is 17.3. The Morgan fingerprint density at radius 3 is 2.46 bits per heavy atom. The van der Waals surface area contributed by atoms with E-state index in [0.29, 0.717) is 41.7 Å². The van der Waals surface area contributed by atoms with Crippen molar-refractivity contribution in [3.63, 3.8) is 0 Å². The van der Waals surface area contributed by atoms with Gasteiger partial charge in [-0.15, -0.1) is 11.8 Å². The van der Waals surface area contributed by atoms with E-state index in [0.717, 1.165) is 55.3 Å². The molecule has 0 aliphatic carbocycles. The number of aromatic nitrogens is 1. The van der Waals surface area contributed by atoms with Gasteiger partial charge in [0.2, 0.25) is 5.69 Å². The molecule has 2 heterocycles. The van der Waals surface area contributed by atoms with Crippen LogP contribution < -0.4 is 9.64 Å². The number of pyridine rings is 1. The van der Waals surface area contributed by atoms with Crippen LogP contribution in [0.4, 0.5) is 11.5 Å². The number of hydrogen-bond acceptors (Lipinski definition) is 7. The van der Waals surface area contributed by atoms with Crippen molar-refractivity contribution in [2.24, 2.45) is 0 Å².